The van der Waals surface area contributed by atoms with Crippen LogP contribution in [0.25, 0.3) is 10.9 Å². The Morgan fingerprint density at radius 1 is 1.02 bits per heavy atom. The van der Waals surface area contributed by atoms with E-state index in [0.717, 1.165) is 16.7 Å². The van der Waals surface area contributed by atoms with Crippen molar-refractivity contribution in [2.75, 3.05) is 4.90 Å². The van der Waals surface area contributed by atoms with Crippen molar-refractivity contribution in [2.24, 2.45) is 5.73 Å². The first kappa shape index (κ1) is 37.9. The lowest BCUT2D eigenvalue weighted by atomic mass is 10.0. The van der Waals surface area contributed by atoms with Crippen molar-refractivity contribution in [3.63, 3.8) is 0 Å². The molecule has 0 fully saturated rings. The van der Waals surface area contributed by atoms with E-state index in [9.17, 15) is 33.5 Å². The van der Waals surface area contributed by atoms with E-state index in [0.29, 0.717) is 47.5 Å². The second kappa shape index (κ2) is 15.7. The third kappa shape index (κ3) is 8.88. The maximum absolute atomic E-state index is 14.3. The number of para-hydroxylation sites is 1. The van der Waals surface area contributed by atoms with Crippen LogP contribution >= 0.6 is 7.60 Å². The summed E-state index contributed by atoms with van der Waals surface area (Å²) in [6.07, 6.45) is 0.447. The van der Waals surface area contributed by atoms with E-state index in [-0.39, 0.29) is 25.0 Å². The smallest absolute Gasteiger partial charge is 0.329 e. The molecular weight excluding hydrogens is 697 g/mol. The number of carbonyl (C=O) groups excluding carboxylic acids is 4. The summed E-state index contributed by atoms with van der Waals surface area (Å²) >= 11 is 0. The van der Waals surface area contributed by atoms with Crippen LogP contribution in [-0.4, -0.2) is 62.6 Å². The highest BCUT2D eigenvalue weighted by Gasteiger charge is 2.44. The number of ether oxygens (including phenoxy) is 1. The van der Waals surface area contributed by atoms with Gasteiger partial charge in [-0.2, -0.15) is 0 Å². The zero-order valence-electron chi connectivity index (χ0n) is 30.0. The largest absolute Gasteiger partial charge is 0.372 e. The molecule has 1 aromatic heterocycles. The molecule has 0 saturated heterocycles. The maximum atomic E-state index is 14.3. The fourth-order valence-electron chi connectivity index (χ4n) is 7.19. The van der Waals surface area contributed by atoms with Crippen LogP contribution in [0, 0.1) is 0 Å². The summed E-state index contributed by atoms with van der Waals surface area (Å²) in [6, 6.07) is 17.9. The van der Waals surface area contributed by atoms with Gasteiger partial charge in [-0.3, -0.25) is 28.6 Å². The van der Waals surface area contributed by atoms with Crippen molar-refractivity contribution < 1.29 is 38.3 Å². The third-order valence-electron chi connectivity index (χ3n) is 10.1. The molecular formula is C39H46N5O8P. The summed E-state index contributed by atoms with van der Waals surface area (Å²) in [5.41, 5.74) is 11.3. The van der Waals surface area contributed by atoms with Crippen LogP contribution in [0.5, 0.6) is 0 Å². The molecule has 7 N–H and O–H groups in total. The normalized spacial score (nSPS) is 18.1. The van der Waals surface area contributed by atoms with E-state index in [1.807, 2.05) is 37.3 Å². The van der Waals surface area contributed by atoms with Crippen LogP contribution in [0.2, 0.25) is 0 Å². The molecule has 4 atom stereocenters. The quantitative estimate of drug-likeness (QED) is 0.102. The van der Waals surface area contributed by atoms with Gasteiger partial charge in [0.15, 0.2) is 0 Å². The van der Waals surface area contributed by atoms with Gasteiger partial charge in [-0.1, -0.05) is 62.4 Å². The van der Waals surface area contributed by atoms with Gasteiger partial charge in [0.2, 0.25) is 17.7 Å². The van der Waals surface area contributed by atoms with Crippen LogP contribution in [0.4, 0.5) is 5.69 Å². The van der Waals surface area contributed by atoms with Crippen molar-refractivity contribution in [1.82, 2.24) is 15.6 Å². The lowest BCUT2D eigenvalue weighted by Crippen LogP contribution is -2.56. The number of aryl methyl sites for hydroxylation is 1. The molecule has 6 rings (SSSR count). The van der Waals surface area contributed by atoms with E-state index in [1.165, 1.54) is 10.5 Å². The van der Waals surface area contributed by atoms with Gasteiger partial charge in [0.1, 0.15) is 17.8 Å². The zero-order chi connectivity index (χ0) is 38.0. The zero-order valence-corrected chi connectivity index (χ0v) is 30.9. The first-order chi connectivity index (χ1) is 25.2. The third-order valence-corrected chi connectivity index (χ3v) is 10.9. The Bertz CT molecular complexity index is 2070. The standard InChI is InChI=1S/C39H46N5O8P/c1-22(2)26-10-7-24(8-11-26)20-52-23(3)30(15-16-35(40)45)42-38(47)34-19-28-6-4-5-27-12-14-32(39(48)44(34)36(27)28)43-37(46)33-18-29-17-25(21-53(49,50)51)9-13-31(29)41-33/h4-11,13,17-18,22-23,30,32,34,41H,12,14-16,19-21H2,1-3H3,(H2,40,45)(H,42,47)(H,43,46)(H2,49,50,51)/t23-,30+,32+,34?/m1/s1. The minimum Gasteiger partial charge on any atom is -0.372 e. The van der Waals surface area contributed by atoms with E-state index < -0.39 is 61.6 Å². The molecule has 0 radical (unpaired) electrons. The number of nitrogens with one attached hydrogen (secondary N) is 3. The molecule has 13 nitrogen and oxygen atoms in total. The number of anilines is 1. The number of fused-ring (bicyclic) bond motifs is 1. The number of hydrogen-bond acceptors (Lipinski definition) is 6. The average Bonchev–Trinajstić information content (AvgIpc) is 3.68. The van der Waals surface area contributed by atoms with Crippen molar-refractivity contribution in [3.05, 3.63) is 100 Å². The summed E-state index contributed by atoms with van der Waals surface area (Å²) in [7, 11) is -4.28. The molecule has 3 heterocycles. The molecule has 53 heavy (non-hydrogen) atoms. The van der Waals surface area contributed by atoms with Gasteiger partial charge in [0, 0.05) is 23.7 Å². The molecule has 0 spiro atoms. The van der Waals surface area contributed by atoms with Gasteiger partial charge in [0.05, 0.1) is 30.6 Å². The van der Waals surface area contributed by atoms with Crippen molar-refractivity contribution >= 4 is 47.8 Å². The number of amides is 4. The number of nitrogens with zero attached hydrogens (tertiary/aromatic N) is 1. The first-order valence-corrected chi connectivity index (χ1v) is 19.7. The van der Waals surface area contributed by atoms with E-state index >= 15 is 0 Å². The Labute approximate surface area is 307 Å². The topological polar surface area (TPSA) is 204 Å². The molecule has 3 aromatic carbocycles. The Balaban J connectivity index is 1.18. The SMILES string of the molecule is CC(C)c1ccc(CO[C@H](C)[C@H](CCC(N)=O)NC(=O)C2Cc3cccc4c3N2C(=O)[C@@H](NC(=O)c2cc3cc(CP(=O)(O)O)ccc3[nH]2)CC4)cc1. The highest BCUT2D eigenvalue weighted by atomic mass is 31.2. The number of benzene rings is 3. The van der Waals surface area contributed by atoms with Crippen LogP contribution in [-0.2, 0) is 49.3 Å². The molecule has 280 valence electrons. The Kier molecular flexibility index (Phi) is 11.2. The second-order valence-electron chi connectivity index (χ2n) is 14.4. The lowest BCUT2D eigenvalue weighted by molar-refractivity contribution is -0.128. The lowest BCUT2D eigenvalue weighted by Gasteiger charge is -2.31. The van der Waals surface area contributed by atoms with Crippen molar-refractivity contribution in [2.45, 2.75) is 95.8 Å². The molecule has 2 aliphatic rings. The first-order valence-electron chi connectivity index (χ1n) is 17.9. The fraction of sp³-hybridized carbons (Fsp3) is 0.385. The van der Waals surface area contributed by atoms with Gasteiger partial charge in [-0.05, 0) is 78.1 Å². The number of aromatic nitrogens is 1. The Morgan fingerprint density at radius 3 is 2.43 bits per heavy atom. The highest BCUT2D eigenvalue weighted by molar-refractivity contribution is 7.50. The molecule has 4 aromatic rings. The van der Waals surface area contributed by atoms with Gasteiger partial charge in [0.25, 0.3) is 5.91 Å². The molecule has 14 heteroatoms. The van der Waals surface area contributed by atoms with Crippen molar-refractivity contribution in [1.29, 1.82) is 0 Å². The van der Waals surface area contributed by atoms with Gasteiger partial charge in [-0.25, -0.2) is 0 Å². The monoisotopic (exact) mass is 743 g/mol. The average molecular weight is 744 g/mol. The minimum absolute atomic E-state index is 0.0340. The van der Waals surface area contributed by atoms with Crippen molar-refractivity contribution in [3.8, 4) is 0 Å². The van der Waals surface area contributed by atoms with Crippen LogP contribution in [0.15, 0.2) is 66.7 Å². The number of hydrogen-bond donors (Lipinski definition) is 6. The van der Waals surface area contributed by atoms with Crippen LogP contribution in [0.3, 0.4) is 0 Å². The van der Waals surface area contributed by atoms with Gasteiger partial charge in [-0.15, -0.1) is 0 Å². The van der Waals surface area contributed by atoms with E-state index in [2.05, 4.69) is 41.6 Å². The molecule has 0 aliphatic carbocycles. The number of carbonyl (C=O) groups is 4. The van der Waals surface area contributed by atoms with E-state index in [1.54, 1.807) is 24.3 Å². The molecule has 0 saturated carbocycles. The molecule has 4 amide bonds. The van der Waals surface area contributed by atoms with Crippen LogP contribution in [0.1, 0.15) is 84.3 Å². The predicted molar refractivity (Wildman–Crippen MR) is 200 cm³/mol. The van der Waals surface area contributed by atoms with Gasteiger partial charge >= 0.3 is 7.60 Å². The number of aromatic amines is 1. The molecule has 0 bridgehead atoms. The van der Waals surface area contributed by atoms with Gasteiger partial charge < -0.3 is 35.9 Å². The predicted octanol–water partition coefficient (Wildman–Crippen LogP) is 4.33. The Hall–Kier alpha value is -4.81. The summed E-state index contributed by atoms with van der Waals surface area (Å²) < 4.78 is 17.7. The summed E-state index contributed by atoms with van der Waals surface area (Å²) in [5, 5.41) is 6.52. The minimum atomic E-state index is -4.28. The highest BCUT2D eigenvalue weighted by Crippen LogP contribution is 2.40. The van der Waals surface area contributed by atoms with Crippen LogP contribution < -0.4 is 21.3 Å². The maximum Gasteiger partial charge on any atom is 0.329 e. The number of H-pyrrole nitrogens is 1. The second-order valence-corrected chi connectivity index (χ2v) is 16.0. The van der Waals surface area contributed by atoms with E-state index in [4.69, 9.17) is 10.5 Å². The molecule has 2 aliphatic heterocycles. The number of nitrogens with two attached hydrogens (primary N) is 1. The molecule has 1 unspecified atom stereocenters. The number of primary amides is 1. The number of rotatable bonds is 14. The summed E-state index contributed by atoms with van der Waals surface area (Å²) in [5.74, 6) is -1.45. The fourth-order valence-corrected chi connectivity index (χ4v) is 7.87. The Morgan fingerprint density at radius 2 is 1.74 bits per heavy atom. The summed E-state index contributed by atoms with van der Waals surface area (Å²) in [6.45, 7) is 6.39. The summed E-state index contributed by atoms with van der Waals surface area (Å²) in [4.78, 5) is 77.1.